The molecule has 0 radical (unpaired) electrons. The third-order valence-corrected chi connectivity index (χ3v) is 5.39. The molecule has 2 heterocycles. The molecule has 0 saturated carbocycles. The molecular formula is C22H20ClN5O4. The summed E-state index contributed by atoms with van der Waals surface area (Å²) in [5, 5.41) is 11.4. The molecule has 0 unspecified atom stereocenters. The number of nitrogen functional groups attached to an aromatic ring is 1. The first kappa shape index (κ1) is 21.5. The zero-order valence-electron chi connectivity index (χ0n) is 17.2. The second-order valence-electron chi connectivity index (χ2n) is 7.22. The van der Waals surface area contributed by atoms with Gasteiger partial charge in [0, 0.05) is 6.07 Å². The topological polar surface area (TPSA) is 126 Å². The zero-order chi connectivity index (χ0) is 22.8. The molecule has 0 bridgehead atoms. The molecular weight excluding hydrogens is 434 g/mol. The van der Waals surface area contributed by atoms with Gasteiger partial charge in [-0.3, -0.25) is 14.7 Å². The molecule has 32 heavy (non-hydrogen) atoms. The van der Waals surface area contributed by atoms with Crippen LogP contribution in [0.1, 0.15) is 36.5 Å². The third kappa shape index (κ3) is 3.82. The van der Waals surface area contributed by atoms with E-state index in [1.54, 1.807) is 18.2 Å². The number of anilines is 1. The summed E-state index contributed by atoms with van der Waals surface area (Å²) in [6.07, 6.45) is 2.66. The first-order chi connectivity index (χ1) is 15.4. The molecule has 0 atom stereocenters. The van der Waals surface area contributed by atoms with Gasteiger partial charge in [-0.2, -0.15) is 0 Å². The van der Waals surface area contributed by atoms with Gasteiger partial charge in [-0.1, -0.05) is 43.5 Å². The third-order valence-electron chi connectivity index (χ3n) is 5.07. The molecule has 4 rings (SSSR count). The number of aromatic nitrogens is 3. The number of hydrogen-bond acceptors (Lipinski definition) is 7. The predicted octanol–water partition coefficient (Wildman–Crippen LogP) is 5.06. The van der Waals surface area contributed by atoms with Gasteiger partial charge in [0.2, 0.25) is 0 Å². The molecule has 2 aromatic heterocycles. The van der Waals surface area contributed by atoms with Gasteiger partial charge in [0.1, 0.15) is 21.9 Å². The van der Waals surface area contributed by atoms with E-state index in [0.29, 0.717) is 22.4 Å². The molecule has 0 aliphatic rings. The summed E-state index contributed by atoms with van der Waals surface area (Å²) in [4.78, 5) is 33.0. The lowest BCUT2D eigenvalue weighted by Crippen LogP contribution is -2.10. The number of nitro benzene ring substituents is 1. The minimum atomic E-state index is -0.615. The van der Waals surface area contributed by atoms with E-state index in [9.17, 15) is 14.9 Å². The number of nitrogens with two attached hydrogens (primary N) is 1. The standard InChI is InChI=1S/C22H20ClN5O4/c1-2-3-6-11-32-22(29)18-19-21(26-16-8-5-4-7-15(16)25-19)27(20(18)24)13-9-10-14(23)17(12-13)28(30)31/h4-5,7-10,12H,2-3,6,11,24H2,1H3. The maximum atomic E-state index is 12.9. The summed E-state index contributed by atoms with van der Waals surface area (Å²) in [6, 6.07) is 11.4. The Morgan fingerprint density at radius 1 is 1.19 bits per heavy atom. The second kappa shape index (κ2) is 8.80. The van der Waals surface area contributed by atoms with Crippen molar-refractivity contribution in [2.24, 2.45) is 0 Å². The van der Waals surface area contributed by atoms with E-state index < -0.39 is 10.9 Å². The number of carbonyl (C=O) groups is 1. The summed E-state index contributed by atoms with van der Waals surface area (Å²) in [5.41, 5.74) is 8.23. The van der Waals surface area contributed by atoms with Crippen molar-refractivity contribution in [3.8, 4) is 5.69 Å². The number of fused-ring (bicyclic) bond motifs is 2. The number of halogens is 1. The molecule has 10 heteroatoms. The molecule has 0 saturated heterocycles. The molecule has 164 valence electrons. The van der Waals surface area contributed by atoms with E-state index in [4.69, 9.17) is 22.1 Å². The van der Waals surface area contributed by atoms with Crippen LogP contribution in [0.2, 0.25) is 5.02 Å². The number of ether oxygens (including phenoxy) is 1. The van der Waals surface area contributed by atoms with Gasteiger partial charge in [0.15, 0.2) is 5.65 Å². The Morgan fingerprint density at radius 2 is 1.91 bits per heavy atom. The van der Waals surface area contributed by atoms with E-state index in [1.807, 2.05) is 12.1 Å². The van der Waals surface area contributed by atoms with Gasteiger partial charge in [0.25, 0.3) is 5.69 Å². The van der Waals surface area contributed by atoms with E-state index in [0.717, 1.165) is 19.3 Å². The monoisotopic (exact) mass is 453 g/mol. The average Bonchev–Trinajstić information content (AvgIpc) is 3.06. The van der Waals surface area contributed by atoms with Crippen LogP contribution in [-0.2, 0) is 4.74 Å². The van der Waals surface area contributed by atoms with Gasteiger partial charge in [-0.05, 0) is 30.7 Å². The highest BCUT2D eigenvalue weighted by molar-refractivity contribution is 6.32. The maximum Gasteiger partial charge on any atom is 0.344 e. The fourth-order valence-electron chi connectivity index (χ4n) is 3.49. The molecule has 2 N–H and O–H groups in total. The van der Waals surface area contributed by atoms with Crippen LogP contribution in [0.5, 0.6) is 0 Å². The summed E-state index contributed by atoms with van der Waals surface area (Å²) < 4.78 is 6.89. The number of para-hydroxylation sites is 2. The first-order valence-corrected chi connectivity index (χ1v) is 10.5. The Kier molecular flexibility index (Phi) is 5.91. The van der Waals surface area contributed by atoms with E-state index in [1.165, 1.54) is 16.7 Å². The van der Waals surface area contributed by atoms with Crippen molar-refractivity contribution >= 4 is 51.3 Å². The van der Waals surface area contributed by atoms with Crippen LogP contribution < -0.4 is 5.73 Å². The summed E-state index contributed by atoms with van der Waals surface area (Å²) in [6.45, 7) is 2.31. The first-order valence-electron chi connectivity index (χ1n) is 10.1. The van der Waals surface area contributed by atoms with Gasteiger partial charge in [0.05, 0.1) is 28.3 Å². The van der Waals surface area contributed by atoms with Crippen molar-refractivity contribution in [2.75, 3.05) is 12.3 Å². The van der Waals surface area contributed by atoms with Crippen LogP contribution in [-0.4, -0.2) is 32.0 Å². The highest BCUT2D eigenvalue weighted by Crippen LogP contribution is 2.34. The largest absolute Gasteiger partial charge is 0.462 e. The number of nitrogens with zero attached hydrogens (tertiary/aromatic N) is 4. The normalized spacial score (nSPS) is 11.2. The zero-order valence-corrected chi connectivity index (χ0v) is 18.0. The van der Waals surface area contributed by atoms with Crippen molar-refractivity contribution in [3.05, 3.63) is 63.2 Å². The van der Waals surface area contributed by atoms with Crippen LogP contribution in [0.15, 0.2) is 42.5 Å². The predicted molar refractivity (Wildman–Crippen MR) is 122 cm³/mol. The van der Waals surface area contributed by atoms with Crippen molar-refractivity contribution in [1.82, 2.24) is 14.5 Å². The van der Waals surface area contributed by atoms with Gasteiger partial charge in [-0.25, -0.2) is 14.8 Å². The molecule has 0 spiro atoms. The number of unbranched alkanes of at least 4 members (excludes halogenated alkanes) is 2. The number of nitro groups is 1. The second-order valence-corrected chi connectivity index (χ2v) is 7.62. The minimum Gasteiger partial charge on any atom is -0.462 e. The molecule has 4 aromatic rings. The van der Waals surface area contributed by atoms with Crippen LogP contribution >= 0.6 is 11.6 Å². The Bertz CT molecular complexity index is 1350. The summed E-state index contributed by atoms with van der Waals surface area (Å²) in [5.74, 6) is -0.581. The highest BCUT2D eigenvalue weighted by Gasteiger charge is 2.27. The average molecular weight is 454 g/mol. The lowest BCUT2D eigenvalue weighted by Gasteiger charge is -2.08. The van der Waals surface area contributed by atoms with Crippen LogP contribution in [0.25, 0.3) is 27.9 Å². The molecule has 9 nitrogen and oxygen atoms in total. The number of hydrogen-bond donors (Lipinski definition) is 1. The number of rotatable bonds is 7. The number of esters is 1. The smallest absolute Gasteiger partial charge is 0.344 e. The van der Waals surface area contributed by atoms with Crippen molar-refractivity contribution in [3.63, 3.8) is 0 Å². The Morgan fingerprint density at radius 3 is 2.59 bits per heavy atom. The lowest BCUT2D eigenvalue weighted by molar-refractivity contribution is -0.384. The maximum absolute atomic E-state index is 12.9. The molecule has 0 fully saturated rings. The number of carbonyl (C=O) groups excluding carboxylic acids is 1. The van der Waals surface area contributed by atoms with Crippen molar-refractivity contribution in [2.45, 2.75) is 26.2 Å². The summed E-state index contributed by atoms with van der Waals surface area (Å²) in [7, 11) is 0. The minimum absolute atomic E-state index is 0.0131. The van der Waals surface area contributed by atoms with Gasteiger partial charge < -0.3 is 10.5 Å². The SMILES string of the molecule is CCCCCOC(=O)c1c(N)n(-c2ccc(Cl)c([N+](=O)[O-])c2)c2nc3ccccc3nc12. The van der Waals surface area contributed by atoms with Crippen molar-refractivity contribution in [1.29, 1.82) is 0 Å². The van der Waals surface area contributed by atoms with Crippen molar-refractivity contribution < 1.29 is 14.5 Å². The fraction of sp³-hybridized carbons (Fsp3) is 0.227. The molecule has 2 aromatic carbocycles. The van der Waals surface area contributed by atoms with E-state index in [-0.39, 0.29) is 34.2 Å². The van der Waals surface area contributed by atoms with Crippen LogP contribution in [0.4, 0.5) is 11.5 Å². The molecule has 0 aliphatic heterocycles. The lowest BCUT2D eigenvalue weighted by atomic mass is 10.2. The number of benzene rings is 2. The van der Waals surface area contributed by atoms with Gasteiger partial charge >= 0.3 is 5.97 Å². The van der Waals surface area contributed by atoms with E-state index in [2.05, 4.69) is 16.9 Å². The fourth-order valence-corrected chi connectivity index (χ4v) is 3.68. The quantitative estimate of drug-likeness (QED) is 0.179. The van der Waals surface area contributed by atoms with E-state index >= 15 is 0 Å². The van der Waals surface area contributed by atoms with Gasteiger partial charge in [-0.15, -0.1) is 0 Å². The highest BCUT2D eigenvalue weighted by atomic mass is 35.5. The molecule has 0 aliphatic carbocycles. The molecule has 0 amide bonds. The summed E-state index contributed by atoms with van der Waals surface area (Å²) >= 11 is 5.97. The Balaban J connectivity index is 1.94. The Hall–Kier alpha value is -3.72. The van der Waals surface area contributed by atoms with Crippen LogP contribution in [0, 0.1) is 10.1 Å². The Labute approximate surface area is 187 Å². The van der Waals surface area contributed by atoms with Crippen LogP contribution in [0.3, 0.4) is 0 Å².